The normalized spacial score (nSPS) is 10.2. The number of aromatic nitrogens is 1. The minimum absolute atomic E-state index is 0.0678. The molecule has 1 heterocycles. The van der Waals surface area contributed by atoms with Gasteiger partial charge in [-0.25, -0.2) is 0 Å². The number of pyridine rings is 1. The first kappa shape index (κ1) is 9.65. The molecule has 0 aliphatic carbocycles. The highest BCUT2D eigenvalue weighted by atomic mass is 16.1. The highest BCUT2D eigenvalue weighted by Gasteiger charge is 2.08. The standard InChI is InChI=1S/C12H12N2O/c1-2-13-12(15)10-7-3-5-9-6-4-8-14-11(9)10/h3-8H,2H2,1H3,(H,13,15). The molecule has 1 aromatic carbocycles. The number of amides is 1. The second-order valence-electron chi connectivity index (χ2n) is 3.24. The summed E-state index contributed by atoms with van der Waals surface area (Å²) in [5.41, 5.74) is 1.39. The number of para-hydroxylation sites is 1. The molecule has 0 saturated heterocycles. The molecule has 0 atom stereocenters. The lowest BCUT2D eigenvalue weighted by atomic mass is 10.1. The third-order valence-corrected chi connectivity index (χ3v) is 2.21. The van der Waals surface area contributed by atoms with Gasteiger partial charge in [0.25, 0.3) is 5.91 Å². The van der Waals surface area contributed by atoms with Gasteiger partial charge in [0.1, 0.15) is 0 Å². The van der Waals surface area contributed by atoms with E-state index in [0.717, 1.165) is 10.9 Å². The minimum atomic E-state index is -0.0678. The van der Waals surface area contributed by atoms with Gasteiger partial charge < -0.3 is 5.32 Å². The lowest BCUT2D eigenvalue weighted by Crippen LogP contribution is -2.22. The van der Waals surface area contributed by atoms with Crippen LogP contribution in [0.1, 0.15) is 17.3 Å². The zero-order chi connectivity index (χ0) is 10.7. The number of carbonyl (C=O) groups excluding carboxylic acids is 1. The summed E-state index contributed by atoms with van der Waals surface area (Å²) in [6, 6.07) is 9.43. The van der Waals surface area contributed by atoms with E-state index < -0.39 is 0 Å². The highest BCUT2D eigenvalue weighted by Crippen LogP contribution is 2.15. The van der Waals surface area contributed by atoms with Crippen molar-refractivity contribution in [1.82, 2.24) is 10.3 Å². The van der Waals surface area contributed by atoms with Crippen LogP contribution in [0.15, 0.2) is 36.5 Å². The van der Waals surface area contributed by atoms with Crippen LogP contribution >= 0.6 is 0 Å². The first-order valence-corrected chi connectivity index (χ1v) is 4.95. The Hall–Kier alpha value is -1.90. The number of carbonyl (C=O) groups is 1. The lowest BCUT2D eigenvalue weighted by molar-refractivity contribution is 0.0957. The van der Waals surface area contributed by atoms with E-state index in [2.05, 4.69) is 10.3 Å². The fourth-order valence-electron chi connectivity index (χ4n) is 1.54. The Morgan fingerprint density at radius 2 is 2.13 bits per heavy atom. The van der Waals surface area contributed by atoms with Gasteiger partial charge in [-0.3, -0.25) is 9.78 Å². The molecule has 0 unspecified atom stereocenters. The Labute approximate surface area is 88.1 Å². The summed E-state index contributed by atoms with van der Waals surface area (Å²) in [5, 5.41) is 3.76. The molecule has 0 aliphatic heterocycles. The van der Waals surface area contributed by atoms with Crippen LogP contribution in [0.5, 0.6) is 0 Å². The monoisotopic (exact) mass is 200 g/mol. The van der Waals surface area contributed by atoms with Gasteiger partial charge in [0, 0.05) is 18.1 Å². The lowest BCUT2D eigenvalue weighted by Gasteiger charge is -2.04. The van der Waals surface area contributed by atoms with Crippen LogP contribution in [-0.2, 0) is 0 Å². The van der Waals surface area contributed by atoms with Crippen LogP contribution in [0.2, 0.25) is 0 Å². The molecule has 2 rings (SSSR count). The van der Waals surface area contributed by atoms with E-state index in [-0.39, 0.29) is 5.91 Å². The molecule has 1 N–H and O–H groups in total. The smallest absolute Gasteiger partial charge is 0.253 e. The molecule has 0 spiro atoms. The molecule has 1 amide bonds. The van der Waals surface area contributed by atoms with E-state index in [9.17, 15) is 4.79 Å². The Morgan fingerprint density at radius 3 is 2.93 bits per heavy atom. The first-order valence-electron chi connectivity index (χ1n) is 4.95. The summed E-state index contributed by atoms with van der Waals surface area (Å²) in [4.78, 5) is 15.9. The van der Waals surface area contributed by atoms with Crippen molar-refractivity contribution < 1.29 is 4.79 Å². The maximum absolute atomic E-state index is 11.7. The van der Waals surface area contributed by atoms with E-state index in [0.29, 0.717) is 12.1 Å². The van der Waals surface area contributed by atoms with Crippen molar-refractivity contribution in [2.24, 2.45) is 0 Å². The number of nitrogens with zero attached hydrogens (tertiary/aromatic N) is 1. The largest absolute Gasteiger partial charge is 0.352 e. The third-order valence-electron chi connectivity index (χ3n) is 2.21. The Kier molecular flexibility index (Phi) is 2.63. The van der Waals surface area contributed by atoms with Gasteiger partial charge in [-0.15, -0.1) is 0 Å². The number of nitrogens with one attached hydrogen (secondary N) is 1. The number of rotatable bonds is 2. The van der Waals surface area contributed by atoms with E-state index in [1.807, 2.05) is 31.2 Å². The summed E-state index contributed by atoms with van der Waals surface area (Å²) in [7, 11) is 0. The van der Waals surface area contributed by atoms with Gasteiger partial charge >= 0.3 is 0 Å². The van der Waals surface area contributed by atoms with Gasteiger partial charge in [-0.05, 0) is 19.1 Å². The molecular formula is C12H12N2O. The van der Waals surface area contributed by atoms with Crippen LogP contribution in [0.3, 0.4) is 0 Å². The van der Waals surface area contributed by atoms with E-state index >= 15 is 0 Å². The van der Waals surface area contributed by atoms with Gasteiger partial charge in [0.2, 0.25) is 0 Å². The van der Waals surface area contributed by atoms with Crippen molar-refractivity contribution in [2.75, 3.05) is 6.54 Å². The molecule has 0 bridgehead atoms. The van der Waals surface area contributed by atoms with Gasteiger partial charge in [-0.2, -0.15) is 0 Å². The van der Waals surface area contributed by atoms with E-state index in [1.165, 1.54) is 0 Å². The second kappa shape index (κ2) is 4.09. The molecule has 3 nitrogen and oxygen atoms in total. The molecule has 0 fully saturated rings. The van der Waals surface area contributed by atoms with Crippen molar-refractivity contribution in [2.45, 2.75) is 6.92 Å². The predicted octanol–water partition coefficient (Wildman–Crippen LogP) is 1.98. The average molecular weight is 200 g/mol. The number of hydrogen-bond donors (Lipinski definition) is 1. The van der Waals surface area contributed by atoms with Crippen molar-refractivity contribution in [1.29, 1.82) is 0 Å². The average Bonchev–Trinajstić information content (AvgIpc) is 2.28. The van der Waals surface area contributed by atoms with Crippen LogP contribution in [0, 0.1) is 0 Å². The summed E-state index contributed by atoms with van der Waals surface area (Å²) >= 11 is 0. The SMILES string of the molecule is CCNC(=O)c1cccc2cccnc12. The Bertz CT molecular complexity index is 488. The summed E-state index contributed by atoms with van der Waals surface area (Å²) in [6.07, 6.45) is 1.70. The molecule has 2 aromatic rings. The number of hydrogen-bond acceptors (Lipinski definition) is 2. The van der Waals surface area contributed by atoms with Crippen molar-refractivity contribution in [3.63, 3.8) is 0 Å². The van der Waals surface area contributed by atoms with Crippen LogP contribution < -0.4 is 5.32 Å². The fourth-order valence-corrected chi connectivity index (χ4v) is 1.54. The van der Waals surface area contributed by atoms with Gasteiger partial charge in [-0.1, -0.05) is 18.2 Å². The summed E-state index contributed by atoms with van der Waals surface area (Å²) < 4.78 is 0. The number of benzene rings is 1. The van der Waals surface area contributed by atoms with Gasteiger partial charge in [0.05, 0.1) is 11.1 Å². The number of fused-ring (bicyclic) bond motifs is 1. The summed E-state index contributed by atoms with van der Waals surface area (Å²) in [6.45, 7) is 2.53. The Balaban J connectivity index is 2.56. The molecule has 1 aromatic heterocycles. The topological polar surface area (TPSA) is 42.0 Å². The second-order valence-corrected chi connectivity index (χ2v) is 3.24. The zero-order valence-electron chi connectivity index (χ0n) is 8.53. The van der Waals surface area contributed by atoms with Crippen LogP contribution in [0.4, 0.5) is 0 Å². The zero-order valence-corrected chi connectivity index (χ0v) is 8.53. The third kappa shape index (κ3) is 1.81. The van der Waals surface area contributed by atoms with Crippen LogP contribution in [0.25, 0.3) is 10.9 Å². The molecule has 0 aliphatic rings. The van der Waals surface area contributed by atoms with Crippen molar-refractivity contribution in [3.8, 4) is 0 Å². The predicted molar refractivity (Wildman–Crippen MR) is 59.8 cm³/mol. The molecule has 0 saturated carbocycles. The van der Waals surface area contributed by atoms with Crippen LogP contribution in [-0.4, -0.2) is 17.4 Å². The maximum atomic E-state index is 11.7. The van der Waals surface area contributed by atoms with Crippen molar-refractivity contribution >= 4 is 16.8 Å². The molecule has 0 radical (unpaired) electrons. The van der Waals surface area contributed by atoms with Crippen molar-refractivity contribution in [3.05, 3.63) is 42.1 Å². The molecule has 3 heteroatoms. The highest BCUT2D eigenvalue weighted by molar-refractivity contribution is 6.05. The van der Waals surface area contributed by atoms with Gasteiger partial charge in [0.15, 0.2) is 0 Å². The fraction of sp³-hybridized carbons (Fsp3) is 0.167. The quantitative estimate of drug-likeness (QED) is 0.805. The summed E-state index contributed by atoms with van der Waals surface area (Å²) in [5.74, 6) is -0.0678. The van der Waals surface area contributed by atoms with E-state index in [1.54, 1.807) is 12.3 Å². The maximum Gasteiger partial charge on any atom is 0.253 e. The Morgan fingerprint density at radius 1 is 1.33 bits per heavy atom. The molecule has 76 valence electrons. The minimum Gasteiger partial charge on any atom is -0.352 e. The molecule has 15 heavy (non-hydrogen) atoms. The molecular weight excluding hydrogens is 188 g/mol. The van der Waals surface area contributed by atoms with E-state index in [4.69, 9.17) is 0 Å². The first-order chi connectivity index (χ1) is 7.33.